The summed E-state index contributed by atoms with van der Waals surface area (Å²) >= 11 is 0. The van der Waals surface area contributed by atoms with E-state index in [4.69, 9.17) is 9.84 Å². The molecule has 0 aliphatic carbocycles. The molecule has 0 amide bonds. The summed E-state index contributed by atoms with van der Waals surface area (Å²) in [4.78, 5) is 20.5. The summed E-state index contributed by atoms with van der Waals surface area (Å²) in [5.74, 6) is -1.45. The molecule has 0 atom stereocenters. The first-order valence-electron chi connectivity index (χ1n) is 4.26. The Bertz CT molecular complexity index is 420. The number of rotatable bonds is 5. The Kier molecular flexibility index (Phi) is 3.76. The van der Waals surface area contributed by atoms with E-state index in [1.807, 2.05) is 0 Å². The second-order valence-corrected chi connectivity index (χ2v) is 2.78. The highest BCUT2D eigenvalue weighted by molar-refractivity contribution is 5.91. The average Bonchev–Trinajstić information content (AvgIpc) is 2.25. The van der Waals surface area contributed by atoms with E-state index in [2.05, 4.69) is 0 Å². The van der Waals surface area contributed by atoms with Gasteiger partial charge in [-0.2, -0.15) is 0 Å². The second kappa shape index (κ2) is 5.06. The first-order valence-corrected chi connectivity index (χ1v) is 4.26. The summed E-state index contributed by atoms with van der Waals surface area (Å²) in [6, 6.07) is 3.10. The zero-order chi connectivity index (χ0) is 12.1. The van der Waals surface area contributed by atoms with E-state index in [0.717, 1.165) is 18.2 Å². The molecular formula is C9H8FNO5. The highest BCUT2D eigenvalue weighted by atomic mass is 19.1. The van der Waals surface area contributed by atoms with Crippen LogP contribution in [0, 0.1) is 10.1 Å². The molecular weight excluding hydrogens is 221 g/mol. The summed E-state index contributed by atoms with van der Waals surface area (Å²) in [5.41, 5.74) is -0.715. The van der Waals surface area contributed by atoms with Crippen molar-refractivity contribution in [2.45, 2.75) is 0 Å². The number of halogens is 1. The van der Waals surface area contributed by atoms with Crippen LogP contribution in [0.2, 0.25) is 0 Å². The van der Waals surface area contributed by atoms with Crippen LogP contribution in [0.25, 0.3) is 0 Å². The van der Waals surface area contributed by atoms with Crippen LogP contribution < -0.4 is 4.74 Å². The molecule has 1 aromatic rings. The number of nitro groups is 1. The molecule has 1 aromatic carbocycles. The molecule has 0 fully saturated rings. The van der Waals surface area contributed by atoms with Gasteiger partial charge in [0.2, 0.25) is 0 Å². The van der Waals surface area contributed by atoms with Gasteiger partial charge in [-0.25, -0.2) is 9.18 Å². The van der Waals surface area contributed by atoms with Gasteiger partial charge in [0.25, 0.3) is 5.69 Å². The van der Waals surface area contributed by atoms with Crippen LogP contribution in [0.4, 0.5) is 10.1 Å². The lowest BCUT2D eigenvalue weighted by molar-refractivity contribution is -0.384. The maximum Gasteiger partial charge on any atom is 0.339 e. The number of hydrogen-bond donors (Lipinski definition) is 1. The predicted molar refractivity (Wildman–Crippen MR) is 51.5 cm³/mol. The Labute approximate surface area is 89.4 Å². The number of carbonyl (C=O) groups is 1. The Morgan fingerprint density at radius 2 is 2.25 bits per heavy atom. The lowest BCUT2D eigenvalue weighted by atomic mass is 10.2. The van der Waals surface area contributed by atoms with Crippen molar-refractivity contribution >= 4 is 11.7 Å². The number of carboxylic acids is 1. The highest BCUT2D eigenvalue weighted by Crippen LogP contribution is 2.24. The van der Waals surface area contributed by atoms with Gasteiger partial charge in [0.05, 0.1) is 4.92 Å². The third-order valence-corrected chi connectivity index (χ3v) is 1.74. The molecule has 0 bridgehead atoms. The van der Waals surface area contributed by atoms with E-state index >= 15 is 0 Å². The highest BCUT2D eigenvalue weighted by Gasteiger charge is 2.16. The van der Waals surface area contributed by atoms with Gasteiger partial charge in [-0.15, -0.1) is 0 Å². The van der Waals surface area contributed by atoms with Crippen molar-refractivity contribution in [3.63, 3.8) is 0 Å². The molecule has 1 rings (SSSR count). The number of alkyl halides is 1. The number of carboxylic acid groups (broad SMARTS) is 1. The van der Waals surface area contributed by atoms with Crippen LogP contribution in [0.5, 0.6) is 5.75 Å². The topological polar surface area (TPSA) is 89.7 Å². The van der Waals surface area contributed by atoms with Gasteiger partial charge >= 0.3 is 5.97 Å². The molecule has 0 saturated carbocycles. The minimum Gasteiger partial charge on any atom is -0.490 e. The maximum absolute atomic E-state index is 11.8. The summed E-state index contributed by atoms with van der Waals surface area (Å²) in [6.07, 6.45) is 0. The van der Waals surface area contributed by atoms with Crippen LogP contribution in [0.1, 0.15) is 10.4 Å². The van der Waals surface area contributed by atoms with Crippen molar-refractivity contribution < 1.29 is 24.0 Å². The zero-order valence-electron chi connectivity index (χ0n) is 8.05. The Morgan fingerprint density at radius 1 is 1.56 bits per heavy atom. The van der Waals surface area contributed by atoms with E-state index in [9.17, 15) is 19.3 Å². The molecule has 0 aliphatic heterocycles. The third-order valence-electron chi connectivity index (χ3n) is 1.74. The summed E-state index contributed by atoms with van der Waals surface area (Å²) < 4.78 is 16.6. The van der Waals surface area contributed by atoms with Crippen molar-refractivity contribution in [3.05, 3.63) is 33.9 Å². The SMILES string of the molecule is O=C(O)c1cc([N+](=O)[O-])ccc1OCCF. The van der Waals surface area contributed by atoms with E-state index < -0.39 is 17.6 Å². The number of non-ortho nitro benzene ring substituents is 1. The van der Waals surface area contributed by atoms with Gasteiger partial charge in [-0.3, -0.25) is 10.1 Å². The summed E-state index contributed by atoms with van der Waals surface area (Å²) in [7, 11) is 0. The molecule has 0 saturated heterocycles. The summed E-state index contributed by atoms with van der Waals surface area (Å²) in [5, 5.41) is 19.2. The largest absolute Gasteiger partial charge is 0.490 e. The van der Waals surface area contributed by atoms with Crippen LogP contribution >= 0.6 is 0 Å². The molecule has 6 nitrogen and oxygen atoms in total. The van der Waals surface area contributed by atoms with Crippen molar-refractivity contribution in [1.29, 1.82) is 0 Å². The fourth-order valence-corrected chi connectivity index (χ4v) is 1.07. The predicted octanol–water partition coefficient (Wildman–Crippen LogP) is 1.64. The Hall–Kier alpha value is -2.18. The van der Waals surface area contributed by atoms with Gasteiger partial charge in [-0.05, 0) is 6.07 Å². The molecule has 0 aliphatic rings. The van der Waals surface area contributed by atoms with Crippen LogP contribution in [0.15, 0.2) is 18.2 Å². The fourth-order valence-electron chi connectivity index (χ4n) is 1.07. The monoisotopic (exact) mass is 229 g/mol. The number of ether oxygens (including phenoxy) is 1. The van der Waals surface area contributed by atoms with Crippen molar-refractivity contribution in [2.75, 3.05) is 13.3 Å². The molecule has 0 spiro atoms. The minimum atomic E-state index is -1.36. The minimum absolute atomic E-state index is 0.0873. The van der Waals surface area contributed by atoms with Gasteiger partial charge < -0.3 is 9.84 Å². The molecule has 0 radical (unpaired) electrons. The lowest BCUT2D eigenvalue weighted by Crippen LogP contribution is -2.06. The number of nitrogens with zero attached hydrogens (tertiary/aromatic N) is 1. The number of hydrogen-bond acceptors (Lipinski definition) is 4. The van der Waals surface area contributed by atoms with E-state index in [1.54, 1.807) is 0 Å². The van der Waals surface area contributed by atoms with Crippen molar-refractivity contribution in [3.8, 4) is 5.75 Å². The number of nitro benzene ring substituents is 1. The molecule has 0 unspecified atom stereocenters. The zero-order valence-corrected chi connectivity index (χ0v) is 8.05. The van der Waals surface area contributed by atoms with Gasteiger partial charge in [0.1, 0.15) is 24.6 Å². The first kappa shape index (κ1) is 11.9. The van der Waals surface area contributed by atoms with Gasteiger partial charge in [-0.1, -0.05) is 0 Å². The molecule has 16 heavy (non-hydrogen) atoms. The van der Waals surface area contributed by atoms with Crippen molar-refractivity contribution in [1.82, 2.24) is 0 Å². The molecule has 0 heterocycles. The lowest BCUT2D eigenvalue weighted by Gasteiger charge is -2.06. The van der Waals surface area contributed by atoms with Crippen LogP contribution in [-0.2, 0) is 0 Å². The fraction of sp³-hybridized carbons (Fsp3) is 0.222. The van der Waals surface area contributed by atoms with E-state index in [1.165, 1.54) is 0 Å². The Balaban J connectivity index is 3.09. The standard InChI is InChI=1S/C9H8FNO5/c10-3-4-16-8-2-1-6(11(14)15)5-7(8)9(12)13/h1-2,5H,3-4H2,(H,12,13). The van der Waals surface area contributed by atoms with Crippen LogP contribution in [0.3, 0.4) is 0 Å². The normalized spacial score (nSPS) is 9.81. The smallest absolute Gasteiger partial charge is 0.339 e. The van der Waals surface area contributed by atoms with Gasteiger partial charge in [0.15, 0.2) is 0 Å². The average molecular weight is 229 g/mol. The molecule has 7 heteroatoms. The van der Waals surface area contributed by atoms with E-state index in [0.29, 0.717) is 0 Å². The molecule has 0 aromatic heterocycles. The van der Waals surface area contributed by atoms with Gasteiger partial charge in [0, 0.05) is 12.1 Å². The van der Waals surface area contributed by atoms with E-state index in [-0.39, 0.29) is 23.6 Å². The number of benzene rings is 1. The van der Waals surface area contributed by atoms with Crippen molar-refractivity contribution in [2.24, 2.45) is 0 Å². The molecule has 86 valence electrons. The number of aromatic carboxylic acids is 1. The van der Waals surface area contributed by atoms with Crippen LogP contribution in [-0.4, -0.2) is 29.3 Å². The Morgan fingerprint density at radius 3 is 2.75 bits per heavy atom. The second-order valence-electron chi connectivity index (χ2n) is 2.78. The third kappa shape index (κ3) is 2.66. The summed E-state index contributed by atoms with van der Waals surface area (Å²) in [6.45, 7) is -1.06. The quantitative estimate of drug-likeness (QED) is 0.612. The maximum atomic E-state index is 11.8. The molecule has 1 N–H and O–H groups in total. The first-order chi connectivity index (χ1) is 7.56.